The van der Waals surface area contributed by atoms with Crippen LogP contribution in [0.4, 0.5) is 0 Å². The number of hydrogen-bond donors (Lipinski definition) is 2. The number of nitrogens with one attached hydrogen (secondary N) is 2. The number of carbonyl (C=O) groups is 2. The van der Waals surface area contributed by atoms with E-state index in [1.54, 1.807) is 30.3 Å². The van der Waals surface area contributed by atoms with Gasteiger partial charge in [0, 0.05) is 0 Å². The van der Waals surface area contributed by atoms with Gasteiger partial charge in [-0.3, -0.25) is 20.2 Å². The Kier molecular flexibility index (Phi) is 5.64. The second-order valence-electron chi connectivity index (χ2n) is 5.58. The summed E-state index contributed by atoms with van der Waals surface area (Å²) < 4.78 is 6.45. The van der Waals surface area contributed by atoms with Crippen molar-refractivity contribution in [2.45, 2.75) is 6.61 Å². The van der Waals surface area contributed by atoms with E-state index in [-0.39, 0.29) is 10.7 Å². The van der Waals surface area contributed by atoms with Crippen molar-refractivity contribution in [3.8, 4) is 11.8 Å². The molecular formula is C19H12BrN3O3S. The average molecular weight is 442 g/mol. The minimum Gasteiger partial charge on any atom is -0.488 e. The van der Waals surface area contributed by atoms with Crippen molar-refractivity contribution >= 4 is 51.2 Å². The summed E-state index contributed by atoms with van der Waals surface area (Å²) in [6, 6.07) is 14.4. The molecule has 1 aliphatic rings. The number of ether oxygens (including phenoxy) is 1. The molecule has 134 valence electrons. The summed E-state index contributed by atoms with van der Waals surface area (Å²) in [5.74, 6) is -0.470. The zero-order valence-electron chi connectivity index (χ0n) is 13.8. The summed E-state index contributed by atoms with van der Waals surface area (Å²) in [7, 11) is 0. The standard InChI is InChI=1S/C19H12BrN3O3S/c20-15-8-13(7-14-17(24)22-19(27)23-18(14)25)5-6-16(15)26-10-12-3-1-11(9-21)2-4-12/h1-8H,10H2,(H2,22,23,24,25,27). The predicted octanol–water partition coefficient (Wildman–Crippen LogP) is 2.81. The summed E-state index contributed by atoms with van der Waals surface area (Å²) in [5.41, 5.74) is 2.15. The highest BCUT2D eigenvalue weighted by Gasteiger charge is 2.25. The molecular weight excluding hydrogens is 430 g/mol. The van der Waals surface area contributed by atoms with Crippen molar-refractivity contribution in [2.75, 3.05) is 0 Å². The molecule has 0 bridgehead atoms. The van der Waals surface area contributed by atoms with Gasteiger partial charge in [0.2, 0.25) is 0 Å². The lowest BCUT2D eigenvalue weighted by molar-refractivity contribution is -0.123. The van der Waals surface area contributed by atoms with Crippen molar-refractivity contribution in [3.63, 3.8) is 0 Å². The number of rotatable bonds is 4. The topological polar surface area (TPSA) is 91.2 Å². The molecule has 1 heterocycles. The number of amides is 2. The Hall–Kier alpha value is -3.02. The summed E-state index contributed by atoms with van der Waals surface area (Å²) >= 11 is 8.20. The molecule has 0 saturated carbocycles. The Balaban J connectivity index is 1.72. The smallest absolute Gasteiger partial charge is 0.263 e. The van der Waals surface area contributed by atoms with Crippen LogP contribution < -0.4 is 15.4 Å². The fourth-order valence-electron chi connectivity index (χ4n) is 2.33. The quantitative estimate of drug-likeness (QED) is 0.432. The molecule has 0 radical (unpaired) electrons. The van der Waals surface area contributed by atoms with Crippen LogP contribution in [-0.2, 0) is 16.2 Å². The van der Waals surface area contributed by atoms with Gasteiger partial charge >= 0.3 is 0 Å². The lowest BCUT2D eigenvalue weighted by Crippen LogP contribution is -2.51. The van der Waals surface area contributed by atoms with Gasteiger partial charge in [-0.2, -0.15) is 5.26 Å². The summed E-state index contributed by atoms with van der Waals surface area (Å²) in [6.07, 6.45) is 1.47. The number of hydrogen-bond acceptors (Lipinski definition) is 5. The van der Waals surface area contributed by atoms with E-state index in [0.717, 1.165) is 5.56 Å². The van der Waals surface area contributed by atoms with E-state index in [1.807, 2.05) is 12.1 Å². The zero-order chi connectivity index (χ0) is 19.4. The van der Waals surface area contributed by atoms with E-state index in [0.29, 0.717) is 28.0 Å². The molecule has 27 heavy (non-hydrogen) atoms. The average Bonchev–Trinajstić information content (AvgIpc) is 2.64. The first-order valence-electron chi connectivity index (χ1n) is 7.76. The van der Waals surface area contributed by atoms with E-state index in [9.17, 15) is 9.59 Å². The van der Waals surface area contributed by atoms with Gasteiger partial charge in [0.05, 0.1) is 16.1 Å². The molecule has 1 fully saturated rings. The molecule has 2 amide bonds. The zero-order valence-corrected chi connectivity index (χ0v) is 16.2. The second kappa shape index (κ2) is 8.12. The predicted molar refractivity (Wildman–Crippen MR) is 106 cm³/mol. The number of halogens is 1. The third-order valence-electron chi connectivity index (χ3n) is 3.69. The maximum atomic E-state index is 11.9. The highest BCUT2D eigenvalue weighted by atomic mass is 79.9. The highest BCUT2D eigenvalue weighted by molar-refractivity contribution is 9.10. The lowest BCUT2D eigenvalue weighted by atomic mass is 10.1. The van der Waals surface area contributed by atoms with Gasteiger partial charge in [0.1, 0.15) is 17.9 Å². The van der Waals surface area contributed by atoms with Gasteiger partial charge in [-0.15, -0.1) is 0 Å². The number of benzene rings is 2. The Morgan fingerprint density at radius 2 is 1.78 bits per heavy atom. The van der Waals surface area contributed by atoms with Gasteiger partial charge in [-0.25, -0.2) is 0 Å². The Morgan fingerprint density at radius 3 is 2.37 bits per heavy atom. The van der Waals surface area contributed by atoms with Crippen LogP contribution in [0.1, 0.15) is 16.7 Å². The Morgan fingerprint density at radius 1 is 1.11 bits per heavy atom. The number of carbonyl (C=O) groups excluding carboxylic acids is 2. The molecule has 0 atom stereocenters. The van der Waals surface area contributed by atoms with E-state index >= 15 is 0 Å². The monoisotopic (exact) mass is 441 g/mol. The molecule has 0 spiro atoms. The normalized spacial score (nSPS) is 13.5. The summed E-state index contributed by atoms with van der Waals surface area (Å²) in [5, 5.41) is 13.6. The molecule has 3 rings (SSSR count). The second-order valence-corrected chi connectivity index (χ2v) is 6.85. The first kappa shape index (κ1) is 18.8. The third kappa shape index (κ3) is 4.58. The van der Waals surface area contributed by atoms with Crippen molar-refractivity contribution in [1.29, 1.82) is 5.26 Å². The van der Waals surface area contributed by atoms with Gasteiger partial charge < -0.3 is 4.74 Å². The van der Waals surface area contributed by atoms with Gasteiger partial charge in [0.15, 0.2) is 5.11 Å². The van der Waals surface area contributed by atoms with Gasteiger partial charge in [-0.05, 0) is 69.6 Å². The molecule has 0 aliphatic carbocycles. The Bertz CT molecular complexity index is 988. The summed E-state index contributed by atoms with van der Waals surface area (Å²) in [4.78, 5) is 23.8. The molecule has 6 nitrogen and oxygen atoms in total. The van der Waals surface area contributed by atoms with Crippen LogP contribution in [0.5, 0.6) is 5.75 Å². The van der Waals surface area contributed by atoms with E-state index in [4.69, 9.17) is 22.2 Å². The van der Waals surface area contributed by atoms with Crippen LogP contribution in [0.3, 0.4) is 0 Å². The van der Waals surface area contributed by atoms with E-state index < -0.39 is 11.8 Å². The first-order valence-corrected chi connectivity index (χ1v) is 8.96. The highest BCUT2D eigenvalue weighted by Crippen LogP contribution is 2.28. The molecule has 2 aromatic carbocycles. The van der Waals surface area contributed by atoms with Crippen molar-refractivity contribution in [2.24, 2.45) is 0 Å². The lowest BCUT2D eigenvalue weighted by Gasteiger charge is -2.16. The molecule has 1 aliphatic heterocycles. The van der Waals surface area contributed by atoms with Gasteiger partial charge in [0.25, 0.3) is 11.8 Å². The molecule has 8 heteroatoms. The summed E-state index contributed by atoms with van der Waals surface area (Å²) in [6.45, 7) is 0.340. The minimum absolute atomic E-state index is 0.00474. The molecule has 2 aromatic rings. The minimum atomic E-state index is -0.541. The van der Waals surface area contributed by atoms with Crippen molar-refractivity contribution < 1.29 is 14.3 Å². The molecule has 1 saturated heterocycles. The largest absolute Gasteiger partial charge is 0.488 e. The van der Waals surface area contributed by atoms with E-state index in [2.05, 4.69) is 32.6 Å². The van der Waals surface area contributed by atoms with Gasteiger partial charge in [-0.1, -0.05) is 18.2 Å². The van der Waals surface area contributed by atoms with Crippen LogP contribution in [0.25, 0.3) is 6.08 Å². The van der Waals surface area contributed by atoms with Crippen molar-refractivity contribution in [3.05, 3.63) is 69.2 Å². The Labute approximate surface area is 169 Å². The fourth-order valence-corrected chi connectivity index (χ4v) is 3.03. The van der Waals surface area contributed by atoms with Crippen LogP contribution in [0.15, 0.2) is 52.5 Å². The van der Waals surface area contributed by atoms with Crippen molar-refractivity contribution in [1.82, 2.24) is 10.6 Å². The fraction of sp³-hybridized carbons (Fsp3) is 0.0526. The number of nitriles is 1. The molecule has 0 aromatic heterocycles. The third-order valence-corrected chi connectivity index (χ3v) is 4.51. The van der Waals surface area contributed by atoms with Crippen LogP contribution >= 0.6 is 28.1 Å². The first-order chi connectivity index (χ1) is 13.0. The molecule has 0 unspecified atom stereocenters. The van der Waals surface area contributed by atoms with Crippen LogP contribution in [0.2, 0.25) is 0 Å². The van der Waals surface area contributed by atoms with E-state index in [1.165, 1.54) is 6.08 Å². The number of thiocarbonyl (C=S) groups is 1. The SMILES string of the molecule is N#Cc1ccc(COc2ccc(C=C3C(=O)NC(=S)NC3=O)cc2Br)cc1. The van der Waals surface area contributed by atoms with Crippen LogP contribution in [-0.4, -0.2) is 16.9 Å². The maximum Gasteiger partial charge on any atom is 0.263 e. The molecule has 2 N–H and O–H groups in total. The maximum absolute atomic E-state index is 11.9. The number of nitrogens with zero attached hydrogens (tertiary/aromatic N) is 1. The van der Waals surface area contributed by atoms with Crippen LogP contribution in [0, 0.1) is 11.3 Å².